The fraction of sp³-hybridized carbons (Fsp3) is 0.750. The maximum atomic E-state index is 11.3. The predicted molar refractivity (Wildman–Crippen MR) is 54.5 cm³/mol. The maximum absolute atomic E-state index is 11.3. The Kier molecular flexibility index (Phi) is 6.62. The molecule has 0 atom stereocenters. The number of nitrogens with two attached hydrogens (primary N) is 1. The molecule has 0 saturated heterocycles. The van der Waals surface area contributed by atoms with Crippen molar-refractivity contribution < 1.29 is 9.59 Å². The zero-order chi connectivity index (χ0) is 10.3. The summed E-state index contributed by atoms with van der Waals surface area (Å²) in [5, 5.41) is 0. The molecule has 5 heteroatoms. The van der Waals surface area contributed by atoms with Crippen LogP contribution in [0.5, 0.6) is 0 Å². The van der Waals surface area contributed by atoms with E-state index < -0.39 is 0 Å². The summed E-state index contributed by atoms with van der Waals surface area (Å²) in [7, 11) is 0. The van der Waals surface area contributed by atoms with Gasteiger partial charge in [-0.2, -0.15) is 12.6 Å². The van der Waals surface area contributed by atoms with Crippen LogP contribution >= 0.6 is 12.6 Å². The van der Waals surface area contributed by atoms with Gasteiger partial charge in [0.2, 0.25) is 11.8 Å². The fourth-order valence-corrected chi connectivity index (χ4v) is 1.15. The number of amides is 2. The third-order valence-electron chi connectivity index (χ3n) is 1.60. The Balaban J connectivity index is 4.03. The average molecular weight is 204 g/mol. The lowest BCUT2D eigenvalue weighted by atomic mass is 10.2. The van der Waals surface area contributed by atoms with Gasteiger partial charge in [0.25, 0.3) is 0 Å². The Labute approximate surface area is 83.9 Å². The summed E-state index contributed by atoms with van der Waals surface area (Å²) in [6, 6.07) is 0. The van der Waals surface area contributed by atoms with Crippen molar-refractivity contribution in [1.82, 2.24) is 4.90 Å². The van der Waals surface area contributed by atoms with Crippen molar-refractivity contribution in [2.45, 2.75) is 19.8 Å². The highest BCUT2D eigenvalue weighted by atomic mass is 32.1. The van der Waals surface area contributed by atoms with E-state index in [1.54, 1.807) is 0 Å². The number of carbonyl (C=O) groups is 2. The van der Waals surface area contributed by atoms with Crippen molar-refractivity contribution in [3.05, 3.63) is 0 Å². The van der Waals surface area contributed by atoms with Crippen molar-refractivity contribution >= 4 is 24.4 Å². The average Bonchev–Trinajstić information content (AvgIpc) is 2.09. The topological polar surface area (TPSA) is 63.4 Å². The van der Waals surface area contributed by atoms with Gasteiger partial charge in [0.15, 0.2) is 0 Å². The highest BCUT2D eigenvalue weighted by Crippen LogP contribution is 1.98. The van der Waals surface area contributed by atoms with Crippen molar-refractivity contribution in [1.29, 1.82) is 0 Å². The summed E-state index contributed by atoms with van der Waals surface area (Å²) >= 11 is 3.97. The molecule has 2 N–H and O–H groups in total. The molecular formula is C8H16N2O2S. The number of carbonyl (C=O) groups excluding carboxylic acids is 2. The van der Waals surface area contributed by atoms with Gasteiger partial charge in [-0.15, -0.1) is 0 Å². The minimum absolute atomic E-state index is 0.160. The van der Waals surface area contributed by atoms with Crippen LogP contribution in [0.2, 0.25) is 0 Å². The fourth-order valence-electron chi connectivity index (χ4n) is 0.946. The Morgan fingerprint density at radius 1 is 1.46 bits per heavy atom. The SMILES string of the molecule is CC(=O)N(CCS)C(=O)CCCN. The molecule has 0 radical (unpaired) electrons. The zero-order valence-corrected chi connectivity index (χ0v) is 8.72. The van der Waals surface area contributed by atoms with E-state index in [9.17, 15) is 9.59 Å². The zero-order valence-electron chi connectivity index (χ0n) is 7.82. The van der Waals surface area contributed by atoms with Gasteiger partial charge in [0.1, 0.15) is 0 Å². The van der Waals surface area contributed by atoms with Crippen LogP contribution in [-0.4, -0.2) is 35.6 Å². The summed E-state index contributed by atoms with van der Waals surface area (Å²) in [5.41, 5.74) is 5.26. The molecule has 0 aromatic carbocycles. The summed E-state index contributed by atoms with van der Waals surface area (Å²) in [5.74, 6) is 0.108. The Bertz CT molecular complexity index is 185. The molecule has 0 aliphatic rings. The van der Waals surface area contributed by atoms with Crippen LogP contribution in [0, 0.1) is 0 Å². The smallest absolute Gasteiger partial charge is 0.229 e. The lowest BCUT2D eigenvalue weighted by Gasteiger charge is -2.17. The lowest BCUT2D eigenvalue weighted by Crippen LogP contribution is -2.36. The first kappa shape index (κ1) is 12.4. The van der Waals surface area contributed by atoms with Gasteiger partial charge in [-0.1, -0.05) is 0 Å². The highest BCUT2D eigenvalue weighted by molar-refractivity contribution is 7.80. The van der Waals surface area contributed by atoms with Gasteiger partial charge in [-0.3, -0.25) is 14.5 Å². The van der Waals surface area contributed by atoms with Gasteiger partial charge in [0.05, 0.1) is 0 Å². The first-order valence-corrected chi connectivity index (χ1v) is 4.88. The van der Waals surface area contributed by atoms with E-state index >= 15 is 0 Å². The quantitative estimate of drug-likeness (QED) is 0.621. The number of rotatable bonds is 5. The lowest BCUT2D eigenvalue weighted by molar-refractivity contribution is -0.143. The van der Waals surface area contributed by atoms with E-state index in [-0.39, 0.29) is 11.8 Å². The number of hydrogen-bond acceptors (Lipinski definition) is 4. The predicted octanol–water partition coefficient (Wildman–Crippen LogP) is 0.0302. The van der Waals surface area contributed by atoms with Gasteiger partial charge >= 0.3 is 0 Å². The van der Waals surface area contributed by atoms with E-state index in [2.05, 4.69) is 12.6 Å². The maximum Gasteiger partial charge on any atom is 0.229 e. The standard InChI is InChI=1S/C8H16N2O2S/c1-7(11)10(5-6-13)8(12)3-2-4-9/h13H,2-6,9H2,1H3. The third kappa shape index (κ3) is 4.90. The molecule has 0 aromatic heterocycles. The van der Waals surface area contributed by atoms with Gasteiger partial charge in [-0.05, 0) is 13.0 Å². The molecule has 4 nitrogen and oxygen atoms in total. The largest absolute Gasteiger partial charge is 0.330 e. The van der Waals surface area contributed by atoms with Crippen molar-refractivity contribution in [3.8, 4) is 0 Å². The molecule has 76 valence electrons. The summed E-state index contributed by atoms with van der Waals surface area (Å²) < 4.78 is 0. The van der Waals surface area contributed by atoms with Crippen LogP contribution in [0.1, 0.15) is 19.8 Å². The molecule has 0 aliphatic carbocycles. The molecule has 0 fully saturated rings. The molecule has 0 unspecified atom stereocenters. The normalized spacial score (nSPS) is 9.77. The van der Waals surface area contributed by atoms with Crippen LogP contribution in [0.4, 0.5) is 0 Å². The minimum atomic E-state index is -0.226. The van der Waals surface area contributed by atoms with Gasteiger partial charge in [0, 0.05) is 25.6 Å². The molecule has 0 rings (SSSR count). The first-order valence-electron chi connectivity index (χ1n) is 4.25. The van der Waals surface area contributed by atoms with E-state index in [0.29, 0.717) is 31.7 Å². The molecule has 0 aromatic rings. The molecule has 2 amide bonds. The van der Waals surface area contributed by atoms with E-state index in [1.165, 1.54) is 11.8 Å². The van der Waals surface area contributed by atoms with E-state index in [1.807, 2.05) is 0 Å². The third-order valence-corrected chi connectivity index (χ3v) is 1.80. The summed E-state index contributed by atoms with van der Waals surface area (Å²) in [6.07, 6.45) is 0.957. The summed E-state index contributed by atoms with van der Waals surface area (Å²) in [6.45, 7) is 2.23. The molecule has 0 heterocycles. The molecular weight excluding hydrogens is 188 g/mol. The van der Waals surface area contributed by atoms with E-state index in [0.717, 1.165) is 0 Å². The Hall–Kier alpha value is -0.550. The summed E-state index contributed by atoms with van der Waals surface area (Å²) in [4.78, 5) is 23.5. The Morgan fingerprint density at radius 3 is 2.46 bits per heavy atom. The monoisotopic (exact) mass is 204 g/mol. The molecule has 0 bridgehead atoms. The second-order valence-corrected chi connectivity index (χ2v) is 3.13. The molecule has 0 spiro atoms. The number of nitrogens with zero attached hydrogens (tertiary/aromatic N) is 1. The van der Waals surface area contributed by atoms with Gasteiger partial charge in [-0.25, -0.2) is 0 Å². The van der Waals surface area contributed by atoms with E-state index in [4.69, 9.17) is 5.73 Å². The van der Waals surface area contributed by atoms with Crippen molar-refractivity contribution in [3.63, 3.8) is 0 Å². The van der Waals surface area contributed by atoms with Crippen molar-refractivity contribution in [2.75, 3.05) is 18.8 Å². The molecule has 0 saturated carbocycles. The van der Waals surface area contributed by atoms with Crippen LogP contribution in [0.25, 0.3) is 0 Å². The second-order valence-electron chi connectivity index (χ2n) is 2.68. The minimum Gasteiger partial charge on any atom is -0.330 e. The first-order chi connectivity index (χ1) is 6.13. The molecule has 13 heavy (non-hydrogen) atoms. The second kappa shape index (κ2) is 6.91. The van der Waals surface area contributed by atoms with Crippen LogP contribution in [0.3, 0.4) is 0 Å². The highest BCUT2D eigenvalue weighted by Gasteiger charge is 2.15. The number of thiol groups is 1. The van der Waals surface area contributed by atoms with Crippen LogP contribution < -0.4 is 5.73 Å². The van der Waals surface area contributed by atoms with Crippen molar-refractivity contribution in [2.24, 2.45) is 5.73 Å². The number of hydrogen-bond donors (Lipinski definition) is 2. The molecule has 0 aliphatic heterocycles. The van der Waals surface area contributed by atoms with Gasteiger partial charge < -0.3 is 5.73 Å². The van der Waals surface area contributed by atoms with Crippen LogP contribution in [-0.2, 0) is 9.59 Å². The number of imide groups is 1. The van der Waals surface area contributed by atoms with Crippen LogP contribution in [0.15, 0.2) is 0 Å². The Morgan fingerprint density at radius 2 is 2.08 bits per heavy atom.